The van der Waals surface area contributed by atoms with Gasteiger partial charge in [-0.15, -0.1) is 11.3 Å². The highest BCUT2D eigenvalue weighted by molar-refractivity contribution is 7.13. The number of carbonyl (C=O) groups excluding carboxylic acids is 1. The van der Waals surface area contributed by atoms with Gasteiger partial charge in [-0.1, -0.05) is 30.3 Å². The van der Waals surface area contributed by atoms with Gasteiger partial charge in [0.05, 0.1) is 5.69 Å². The van der Waals surface area contributed by atoms with Crippen LogP contribution in [0.4, 0.5) is 5.13 Å². The molecule has 0 radical (unpaired) electrons. The zero-order valence-electron chi connectivity index (χ0n) is 14.0. The number of carbonyl (C=O) groups is 1. The van der Waals surface area contributed by atoms with E-state index in [0.717, 1.165) is 36.8 Å². The van der Waals surface area contributed by atoms with Crippen LogP contribution in [-0.4, -0.2) is 30.5 Å². The van der Waals surface area contributed by atoms with Gasteiger partial charge in [-0.25, -0.2) is 4.98 Å². The standard InChI is InChI=1S/C19H25N3OS/c23-18(10-9-16-7-3-1-4-8-16)20-12-11-17-15-24-19(21-17)22-13-5-2-6-14-22/h1,3-4,7-8,15H,2,5-6,9-14H2,(H,20,23). The summed E-state index contributed by atoms with van der Waals surface area (Å²) in [5.74, 6) is 0.116. The summed E-state index contributed by atoms with van der Waals surface area (Å²) >= 11 is 1.72. The van der Waals surface area contributed by atoms with Crippen molar-refractivity contribution in [3.05, 3.63) is 47.0 Å². The van der Waals surface area contributed by atoms with Crippen LogP contribution >= 0.6 is 11.3 Å². The highest BCUT2D eigenvalue weighted by atomic mass is 32.1. The summed E-state index contributed by atoms with van der Waals surface area (Å²) in [4.78, 5) is 19.0. The largest absolute Gasteiger partial charge is 0.356 e. The second-order valence-electron chi connectivity index (χ2n) is 6.25. The Balaban J connectivity index is 1.37. The fourth-order valence-electron chi connectivity index (χ4n) is 2.96. The van der Waals surface area contributed by atoms with Gasteiger partial charge in [0.2, 0.25) is 5.91 Å². The fourth-order valence-corrected chi connectivity index (χ4v) is 3.88. The molecular weight excluding hydrogens is 318 g/mol. The van der Waals surface area contributed by atoms with Crippen LogP contribution in [0.3, 0.4) is 0 Å². The van der Waals surface area contributed by atoms with E-state index < -0.39 is 0 Å². The molecule has 1 N–H and O–H groups in total. The van der Waals surface area contributed by atoms with Gasteiger partial charge >= 0.3 is 0 Å². The molecule has 4 nitrogen and oxygen atoms in total. The zero-order valence-corrected chi connectivity index (χ0v) is 14.9. The molecule has 0 atom stereocenters. The smallest absolute Gasteiger partial charge is 0.220 e. The highest BCUT2D eigenvalue weighted by Crippen LogP contribution is 2.24. The number of aromatic nitrogens is 1. The summed E-state index contributed by atoms with van der Waals surface area (Å²) in [7, 11) is 0. The summed E-state index contributed by atoms with van der Waals surface area (Å²) in [5, 5.41) is 6.27. The first-order chi connectivity index (χ1) is 11.8. The van der Waals surface area contributed by atoms with Crippen molar-refractivity contribution >= 4 is 22.4 Å². The summed E-state index contributed by atoms with van der Waals surface area (Å²) in [6.45, 7) is 2.92. The minimum absolute atomic E-state index is 0.116. The van der Waals surface area contributed by atoms with E-state index in [-0.39, 0.29) is 5.91 Å². The van der Waals surface area contributed by atoms with Crippen molar-refractivity contribution in [3.63, 3.8) is 0 Å². The summed E-state index contributed by atoms with van der Waals surface area (Å²) in [6, 6.07) is 10.1. The Kier molecular flexibility index (Phi) is 6.24. The number of piperidine rings is 1. The summed E-state index contributed by atoms with van der Waals surface area (Å²) in [6.07, 6.45) is 6.02. The third-order valence-corrected chi connectivity index (χ3v) is 5.30. The predicted molar refractivity (Wildman–Crippen MR) is 99.7 cm³/mol. The number of rotatable bonds is 7. The monoisotopic (exact) mass is 343 g/mol. The van der Waals surface area contributed by atoms with Crippen LogP contribution in [0.1, 0.15) is 36.9 Å². The molecule has 2 aromatic rings. The van der Waals surface area contributed by atoms with Gasteiger partial charge in [0, 0.05) is 37.9 Å². The summed E-state index contributed by atoms with van der Waals surface area (Å²) in [5.41, 5.74) is 2.29. The average molecular weight is 343 g/mol. The third kappa shape index (κ3) is 5.06. The number of anilines is 1. The second-order valence-corrected chi connectivity index (χ2v) is 7.09. The average Bonchev–Trinajstić information content (AvgIpc) is 3.11. The van der Waals surface area contributed by atoms with Crippen molar-refractivity contribution in [2.75, 3.05) is 24.5 Å². The lowest BCUT2D eigenvalue weighted by Crippen LogP contribution is -2.29. The van der Waals surface area contributed by atoms with E-state index >= 15 is 0 Å². The Bertz CT molecular complexity index is 635. The first-order valence-corrected chi connectivity index (χ1v) is 9.69. The van der Waals surface area contributed by atoms with Gasteiger partial charge in [-0.2, -0.15) is 0 Å². The lowest BCUT2D eigenvalue weighted by molar-refractivity contribution is -0.121. The van der Waals surface area contributed by atoms with E-state index in [4.69, 9.17) is 4.98 Å². The van der Waals surface area contributed by atoms with Gasteiger partial charge in [-0.05, 0) is 31.2 Å². The minimum Gasteiger partial charge on any atom is -0.356 e. The Morgan fingerprint density at radius 3 is 2.71 bits per heavy atom. The topological polar surface area (TPSA) is 45.2 Å². The molecule has 2 heterocycles. The molecule has 1 aliphatic heterocycles. The van der Waals surface area contributed by atoms with Crippen molar-refractivity contribution in [1.82, 2.24) is 10.3 Å². The van der Waals surface area contributed by atoms with E-state index in [9.17, 15) is 4.79 Å². The molecule has 0 unspecified atom stereocenters. The molecule has 1 fully saturated rings. The molecule has 24 heavy (non-hydrogen) atoms. The number of hydrogen-bond acceptors (Lipinski definition) is 4. The number of benzene rings is 1. The van der Waals surface area contributed by atoms with Crippen LogP contribution in [0.15, 0.2) is 35.7 Å². The van der Waals surface area contributed by atoms with Crippen LogP contribution in [0.2, 0.25) is 0 Å². The lowest BCUT2D eigenvalue weighted by Gasteiger charge is -2.25. The summed E-state index contributed by atoms with van der Waals surface area (Å²) < 4.78 is 0. The van der Waals surface area contributed by atoms with Gasteiger partial charge in [0.25, 0.3) is 0 Å². The number of hydrogen-bond donors (Lipinski definition) is 1. The maximum Gasteiger partial charge on any atom is 0.220 e. The maximum absolute atomic E-state index is 11.9. The molecule has 1 aliphatic rings. The molecule has 0 saturated carbocycles. The molecule has 3 rings (SSSR count). The highest BCUT2D eigenvalue weighted by Gasteiger charge is 2.14. The lowest BCUT2D eigenvalue weighted by atomic mass is 10.1. The van der Waals surface area contributed by atoms with Crippen LogP contribution < -0.4 is 10.2 Å². The van der Waals surface area contributed by atoms with Gasteiger partial charge in [0.15, 0.2) is 5.13 Å². The quantitative estimate of drug-likeness (QED) is 0.838. The van der Waals surface area contributed by atoms with Crippen molar-refractivity contribution in [2.24, 2.45) is 0 Å². The first kappa shape index (κ1) is 17.0. The van der Waals surface area contributed by atoms with Crippen molar-refractivity contribution in [1.29, 1.82) is 0 Å². The molecule has 128 valence electrons. The van der Waals surface area contributed by atoms with E-state index in [0.29, 0.717) is 13.0 Å². The fraction of sp³-hybridized carbons (Fsp3) is 0.474. The SMILES string of the molecule is O=C(CCc1ccccc1)NCCc1csc(N2CCCCC2)n1. The van der Waals surface area contributed by atoms with Gasteiger partial charge in [0.1, 0.15) is 0 Å². The van der Waals surface area contributed by atoms with Crippen molar-refractivity contribution < 1.29 is 4.79 Å². The van der Waals surface area contributed by atoms with E-state index in [1.54, 1.807) is 11.3 Å². The van der Waals surface area contributed by atoms with Crippen molar-refractivity contribution in [3.8, 4) is 0 Å². The normalized spacial score (nSPS) is 14.6. The molecule has 1 aromatic heterocycles. The molecular formula is C19H25N3OS. The minimum atomic E-state index is 0.116. The zero-order chi connectivity index (χ0) is 16.6. The van der Waals surface area contributed by atoms with E-state index in [1.165, 1.54) is 24.8 Å². The first-order valence-electron chi connectivity index (χ1n) is 8.81. The van der Waals surface area contributed by atoms with Crippen LogP contribution in [0.5, 0.6) is 0 Å². The van der Waals surface area contributed by atoms with Crippen LogP contribution in [0, 0.1) is 0 Å². The number of nitrogens with one attached hydrogen (secondary N) is 1. The molecule has 0 bridgehead atoms. The second kappa shape index (κ2) is 8.83. The molecule has 1 saturated heterocycles. The molecule has 1 aromatic carbocycles. The van der Waals surface area contributed by atoms with E-state index in [2.05, 4.69) is 27.7 Å². The molecule has 5 heteroatoms. The molecule has 0 spiro atoms. The maximum atomic E-state index is 11.9. The van der Waals surface area contributed by atoms with Crippen LogP contribution in [-0.2, 0) is 17.6 Å². The number of thiazole rings is 1. The third-order valence-electron chi connectivity index (χ3n) is 4.35. The number of nitrogens with zero attached hydrogens (tertiary/aromatic N) is 2. The van der Waals surface area contributed by atoms with Crippen LogP contribution in [0.25, 0.3) is 0 Å². The Morgan fingerprint density at radius 2 is 1.92 bits per heavy atom. The number of aryl methyl sites for hydroxylation is 1. The van der Waals surface area contributed by atoms with Gasteiger partial charge < -0.3 is 10.2 Å². The van der Waals surface area contributed by atoms with E-state index in [1.807, 2.05) is 18.2 Å². The predicted octanol–water partition coefficient (Wildman–Crippen LogP) is 3.42. The van der Waals surface area contributed by atoms with Gasteiger partial charge in [-0.3, -0.25) is 4.79 Å². The molecule has 1 amide bonds. The Labute approximate surface area is 147 Å². The van der Waals surface area contributed by atoms with Crippen molar-refractivity contribution in [2.45, 2.75) is 38.5 Å². The Hall–Kier alpha value is -1.88. The Morgan fingerprint density at radius 1 is 1.12 bits per heavy atom. The number of amides is 1. The molecule has 0 aliphatic carbocycles.